The zero-order valence-electron chi connectivity index (χ0n) is 15.2. The highest BCUT2D eigenvalue weighted by molar-refractivity contribution is 5.90. The summed E-state index contributed by atoms with van der Waals surface area (Å²) in [7, 11) is 1.79. The molecule has 0 fully saturated rings. The average molecular weight is 343 g/mol. The number of rotatable bonds is 3. The monoisotopic (exact) mass is 343 g/mol. The lowest BCUT2D eigenvalue weighted by molar-refractivity contribution is -0.105. The van der Waals surface area contributed by atoms with Gasteiger partial charge in [-0.1, -0.05) is 0 Å². The van der Waals surface area contributed by atoms with Gasteiger partial charge in [-0.3, -0.25) is 4.79 Å². The Bertz CT molecular complexity index is 804. The molecule has 1 heterocycles. The van der Waals surface area contributed by atoms with Crippen molar-refractivity contribution in [3.05, 3.63) is 29.5 Å². The number of benzene rings is 1. The highest BCUT2D eigenvalue weighted by Gasteiger charge is 2.31. The third-order valence-corrected chi connectivity index (χ3v) is 4.55. The number of carbonyl (C=O) groups is 2. The van der Waals surface area contributed by atoms with Gasteiger partial charge < -0.3 is 19.9 Å². The Hall–Kier alpha value is -2.50. The molecule has 0 saturated heterocycles. The van der Waals surface area contributed by atoms with Gasteiger partial charge >= 0.3 is 6.09 Å². The SMILES string of the molecule is CN(C(=O)OC(C)(C)C)C1CCCc2c1[nH]c1ccc(NC=O)cc21. The topological polar surface area (TPSA) is 74.4 Å². The van der Waals surface area contributed by atoms with Gasteiger partial charge in [-0.2, -0.15) is 0 Å². The second kappa shape index (κ2) is 6.43. The summed E-state index contributed by atoms with van der Waals surface area (Å²) in [6.07, 6.45) is 3.23. The highest BCUT2D eigenvalue weighted by Crippen LogP contribution is 2.38. The summed E-state index contributed by atoms with van der Waals surface area (Å²) in [5.74, 6) is 0. The third kappa shape index (κ3) is 3.48. The maximum Gasteiger partial charge on any atom is 0.410 e. The Balaban J connectivity index is 1.95. The molecular formula is C19H25N3O3. The van der Waals surface area contributed by atoms with Crippen molar-refractivity contribution in [1.29, 1.82) is 0 Å². The predicted octanol–water partition coefficient (Wildman–Crippen LogP) is 3.98. The van der Waals surface area contributed by atoms with Crippen molar-refractivity contribution in [2.24, 2.45) is 0 Å². The van der Waals surface area contributed by atoms with Crippen LogP contribution in [0.3, 0.4) is 0 Å². The quantitative estimate of drug-likeness (QED) is 0.828. The van der Waals surface area contributed by atoms with E-state index in [9.17, 15) is 9.59 Å². The maximum absolute atomic E-state index is 12.5. The zero-order valence-corrected chi connectivity index (χ0v) is 15.2. The molecule has 2 amide bonds. The van der Waals surface area contributed by atoms with Gasteiger partial charge in [0.1, 0.15) is 5.60 Å². The molecule has 6 nitrogen and oxygen atoms in total. The van der Waals surface area contributed by atoms with Gasteiger partial charge in [0.05, 0.1) is 6.04 Å². The van der Waals surface area contributed by atoms with Crippen LogP contribution in [0.2, 0.25) is 0 Å². The van der Waals surface area contributed by atoms with Crippen molar-refractivity contribution in [3.63, 3.8) is 0 Å². The molecule has 25 heavy (non-hydrogen) atoms. The average Bonchev–Trinajstić information content (AvgIpc) is 2.91. The standard InChI is InChI=1S/C19H25N3O3/c1-19(2,3)25-18(24)22(4)16-7-5-6-13-14-10-12(20-11-23)8-9-15(14)21-17(13)16/h8-11,16,21H,5-7H2,1-4H3,(H,20,23). The molecule has 1 atom stereocenters. The Morgan fingerprint density at radius 1 is 1.40 bits per heavy atom. The number of aromatic amines is 1. The van der Waals surface area contributed by atoms with Gasteiger partial charge in [-0.15, -0.1) is 0 Å². The molecular weight excluding hydrogens is 318 g/mol. The lowest BCUT2D eigenvalue weighted by Crippen LogP contribution is -2.37. The number of nitrogens with zero attached hydrogens (tertiary/aromatic N) is 1. The normalized spacial score (nSPS) is 17.0. The largest absolute Gasteiger partial charge is 0.444 e. The number of carbonyl (C=O) groups excluding carboxylic acids is 2. The van der Waals surface area contributed by atoms with Crippen LogP contribution in [0, 0.1) is 0 Å². The van der Waals surface area contributed by atoms with E-state index in [0.717, 1.165) is 41.5 Å². The number of fused-ring (bicyclic) bond motifs is 3. The number of hydrogen-bond acceptors (Lipinski definition) is 3. The minimum atomic E-state index is -0.515. The fourth-order valence-electron chi connectivity index (χ4n) is 3.45. The molecule has 134 valence electrons. The van der Waals surface area contributed by atoms with Crippen molar-refractivity contribution in [3.8, 4) is 0 Å². The van der Waals surface area contributed by atoms with Gasteiger partial charge in [0.2, 0.25) is 6.41 Å². The van der Waals surface area contributed by atoms with Crippen LogP contribution >= 0.6 is 0 Å². The molecule has 0 aliphatic heterocycles. The smallest absolute Gasteiger partial charge is 0.410 e. The van der Waals surface area contributed by atoms with Crippen LogP contribution in [0.5, 0.6) is 0 Å². The molecule has 1 aromatic heterocycles. The van der Waals surface area contributed by atoms with Crippen LogP contribution in [-0.2, 0) is 16.0 Å². The lowest BCUT2D eigenvalue weighted by Gasteiger charge is -2.33. The van der Waals surface area contributed by atoms with Crippen molar-refractivity contribution in [2.45, 2.75) is 51.7 Å². The van der Waals surface area contributed by atoms with Gasteiger partial charge in [0, 0.05) is 29.3 Å². The van der Waals surface area contributed by atoms with E-state index in [2.05, 4.69) is 10.3 Å². The van der Waals surface area contributed by atoms with Gasteiger partial charge in [-0.25, -0.2) is 4.79 Å². The molecule has 6 heteroatoms. The molecule has 1 aliphatic carbocycles. The fraction of sp³-hybridized carbons (Fsp3) is 0.474. The van der Waals surface area contributed by atoms with E-state index in [1.807, 2.05) is 39.0 Å². The summed E-state index contributed by atoms with van der Waals surface area (Å²) in [4.78, 5) is 28.3. The minimum absolute atomic E-state index is 0.0338. The number of hydrogen-bond donors (Lipinski definition) is 2. The van der Waals surface area contributed by atoms with Crippen LogP contribution in [0.4, 0.5) is 10.5 Å². The number of nitrogens with one attached hydrogen (secondary N) is 2. The Kier molecular flexibility index (Phi) is 4.45. The molecule has 1 aromatic carbocycles. The second-order valence-corrected chi connectivity index (χ2v) is 7.54. The van der Waals surface area contributed by atoms with Crippen LogP contribution in [-0.4, -0.2) is 35.0 Å². The summed E-state index contributed by atoms with van der Waals surface area (Å²) >= 11 is 0. The van der Waals surface area contributed by atoms with E-state index < -0.39 is 5.60 Å². The number of ether oxygens (including phenoxy) is 1. The number of amides is 2. The molecule has 0 bridgehead atoms. The summed E-state index contributed by atoms with van der Waals surface area (Å²) < 4.78 is 5.52. The van der Waals surface area contributed by atoms with Gasteiger partial charge in [0.15, 0.2) is 0 Å². The fourth-order valence-corrected chi connectivity index (χ4v) is 3.45. The van der Waals surface area contributed by atoms with Crippen molar-refractivity contribution < 1.29 is 14.3 Å². The van der Waals surface area contributed by atoms with Gasteiger partial charge in [0.25, 0.3) is 0 Å². The van der Waals surface area contributed by atoms with E-state index >= 15 is 0 Å². The summed E-state index contributed by atoms with van der Waals surface area (Å²) in [6, 6.07) is 5.78. The minimum Gasteiger partial charge on any atom is -0.444 e. The Labute approximate surface area is 147 Å². The molecule has 0 spiro atoms. The third-order valence-electron chi connectivity index (χ3n) is 4.55. The first-order valence-electron chi connectivity index (χ1n) is 8.60. The van der Waals surface area contributed by atoms with Crippen LogP contribution in [0.15, 0.2) is 18.2 Å². The Morgan fingerprint density at radius 2 is 2.16 bits per heavy atom. The van der Waals surface area contributed by atoms with E-state index in [1.54, 1.807) is 11.9 Å². The predicted molar refractivity (Wildman–Crippen MR) is 97.7 cm³/mol. The summed E-state index contributed by atoms with van der Waals surface area (Å²) in [6.45, 7) is 5.61. The molecule has 2 aromatic rings. The number of aromatic nitrogens is 1. The second-order valence-electron chi connectivity index (χ2n) is 7.54. The van der Waals surface area contributed by atoms with Crippen LogP contribution in [0.1, 0.15) is 50.9 Å². The van der Waals surface area contributed by atoms with E-state index in [0.29, 0.717) is 6.41 Å². The molecule has 0 radical (unpaired) electrons. The zero-order chi connectivity index (χ0) is 18.2. The lowest BCUT2D eigenvalue weighted by atomic mass is 9.91. The maximum atomic E-state index is 12.5. The van der Waals surface area contributed by atoms with Crippen LogP contribution in [0.25, 0.3) is 10.9 Å². The van der Waals surface area contributed by atoms with E-state index in [4.69, 9.17) is 4.74 Å². The molecule has 3 rings (SSSR count). The van der Waals surface area contributed by atoms with E-state index in [1.165, 1.54) is 5.56 Å². The number of H-pyrrole nitrogens is 1. The van der Waals surface area contributed by atoms with Gasteiger partial charge in [-0.05, 0) is 63.8 Å². The van der Waals surface area contributed by atoms with E-state index in [-0.39, 0.29) is 12.1 Å². The number of anilines is 1. The Morgan fingerprint density at radius 3 is 2.84 bits per heavy atom. The van der Waals surface area contributed by atoms with Crippen molar-refractivity contribution >= 4 is 29.1 Å². The first-order chi connectivity index (χ1) is 11.8. The van der Waals surface area contributed by atoms with Crippen molar-refractivity contribution in [1.82, 2.24) is 9.88 Å². The van der Waals surface area contributed by atoms with Crippen molar-refractivity contribution in [2.75, 3.05) is 12.4 Å². The summed E-state index contributed by atoms with van der Waals surface area (Å²) in [5.41, 5.74) is 3.56. The number of aryl methyl sites for hydroxylation is 1. The van der Waals surface area contributed by atoms with Crippen LogP contribution < -0.4 is 5.32 Å². The first-order valence-corrected chi connectivity index (χ1v) is 8.60. The molecule has 1 unspecified atom stereocenters. The highest BCUT2D eigenvalue weighted by atomic mass is 16.6. The first kappa shape index (κ1) is 17.3. The molecule has 2 N–H and O–H groups in total. The molecule has 0 saturated carbocycles. The summed E-state index contributed by atoms with van der Waals surface area (Å²) in [5, 5.41) is 3.80. The molecule has 1 aliphatic rings.